The molecule has 0 radical (unpaired) electrons. The summed E-state index contributed by atoms with van der Waals surface area (Å²) >= 11 is 7.54. The Morgan fingerprint density at radius 3 is 2.28 bits per heavy atom. The van der Waals surface area contributed by atoms with Crippen LogP contribution in [0.5, 0.6) is 5.75 Å². The molecule has 3 aromatic rings. The van der Waals surface area contributed by atoms with Crippen LogP contribution in [-0.4, -0.2) is 23.8 Å². The number of ether oxygens (including phenoxy) is 1. The highest BCUT2D eigenvalue weighted by atomic mass is 35.5. The topological polar surface area (TPSA) is 102 Å². The first kappa shape index (κ1) is 18.9. The summed E-state index contributed by atoms with van der Waals surface area (Å²) < 4.78 is 6.26. The predicted octanol–water partition coefficient (Wildman–Crippen LogP) is 3.52. The van der Waals surface area contributed by atoms with Crippen molar-refractivity contribution in [3.63, 3.8) is 0 Å². The number of esters is 1. The normalized spacial score (nSPS) is 13.8. The van der Waals surface area contributed by atoms with Gasteiger partial charge in [0.25, 0.3) is 11.8 Å². The number of amides is 4. The molecule has 0 saturated carbocycles. The quantitative estimate of drug-likeness (QED) is 0.289. The Morgan fingerprint density at radius 2 is 1.62 bits per heavy atom. The highest BCUT2D eigenvalue weighted by molar-refractivity contribution is 7.21. The molecule has 7 nitrogen and oxygen atoms in total. The number of carbonyl (C=O) groups excluding carboxylic acids is 4. The molecule has 1 aliphatic rings. The Morgan fingerprint density at radius 1 is 0.966 bits per heavy atom. The van der Waals surface area contributed by atoms with Crippen molar-refractivity contribution in [3.05, 3.63) is 69.6 Å². The number of fused-ring (bicyclic) bond motifs is 1. The molecule has 4 rings (SSSR count). The first-order valence-electron chi connectivity index (χ1n) is 8.30. The van der Waals surface area contributed by atoms with Gasteiger partial charge in [-0.3, -0.25) is 20.2 Å². The van der Waals surface area contributed by atoms with E-state index in [-0.39, 0.29) is 11.3 Å². The standard InChI is InChI=1S/C20H11ClN2O5S/c21-15-12-3-1-2-4-14(12)29-16(15)19(26)28-11-7-5-10(6-8-11)9-13-17(24)22-20(27)23-18(13)25/h1-9H,(H2,22,23,24,25,27). The van der Waals surface area contributed by atoms with Crippen LogP contribution in [-0.2, 0) is 9.59 Å². The first-order valence-corrected chi connectivity index (χ1v) is 9.49. The second kappa shape index (κ2) is 7.50. The molecule has 0 unspecified atom stereocenters. The van der Waals surface area contributed by atoms with E-state index in [4.69, 9.17) is 16.3 Å². The second-order valence-electron chi connectivity index (χ2n) is 6.00. The average molecular weight is 427 g/mol. The lowest BCUT2D eigenvalue weighted by molar-refractivity contribution is -0.123. The maximum Gasteiger partial charge on any atom is 0.355 e. The van der Waals surface area contributed by atoms with Crippen LogP contribution in [0.2, 0.25) is 5.02 Å². The molecule has 2 N–H and O–H groups in total. The number of carbonyl (C=O) groups is 4. The van der Waals surface area contributed by atoms with E-state index in [1.807, 2.05) is 34.9 Å². The van der Waals surface area contributed by atoms with E-state index in [0.717, 1.165) is 10.1 Å². The van der Waals surface area contributed by atoms with Gasteiger partial charge in [0.2, 0.25) is 0 Å². The average Bonchev–Trinajstić information content (AvgIpc) is 3.03. The van der Waals surface area contributed by atoms with Crippen LogP contribution in [0, 0.1) is 0 Å². The number of hydrogen-bond acceptors (Lipinski definition) is 6. The molecular formula is C20H11ClN2O5S. The lowest BCUT2D eigenvalue weighted by atomic mass is 10.1. The Balaban J connectivity index is 1.52. The van der Waals surface area contributed by atoms with Crippen molar-refractivity contribution >= 4 is 62.9 Å². The van der Waals surface area contributed by atoms with Crippen LogP contribution in [0.4, 0.5) is 4.79 Å². The summed E-state index contributed by atoms with van der Waals surface area (Å²) in [5, 5.41) is 5.12. The number of thiophene rings is 1. The lowest BCUT2D eigenvalue weighted by Crippen LogP contribution is -2.51. The predicted molar refractivity (Wildman–Crippen MR) is 108 cm³/mol. The molecule has 1 aliphatic heterocycles. The molecule has 2 aromatic carbocycles. The lowest BCUT2D eigenvalue weighted by Gasteiger charge is -2.13. The van der Waals surface area contributed by atoms with E-state index in [1.165, 1.54) is 29.5 Å². The van der Waals surface area contributed by atoms with Gasteiger partial charge in [-0.25, -0.2) is 9.59 Å². The molecule has 4 amide bonds. The number of urea groups is 1. The Bertz CT molecular complexity index is 1190. The van der Waals surface area contributed by atoms with E-state index in [9.17, 15) is 19.2 Å². The van der Waals surface area contributed by atoms with Crippen molar-refractivity contribution in [2.45, 2.75) is 0 Å². The maximum absolute atomic E-state index is 12.5. The van der Waals surface area contributed by atoms with Crippen LogP contribution < -0.4 is 15.4 Å². The number of nitrogens with one attached hydrogen (secondary N) is 2. The van der Waals surface area contributed by atoms with Gasteiger partial charge in [-0.1, -0.05) is 41.9 Å². The SMILES string of the molecule is O=C1NC(=O)C(=Cc2ccc(OC(=O)c3sc4ccccc4c3Cl)cc2)C(=O)N1. The largest absolute Gasteiger partial charge is 0.422 e. The molecule has 1 saturated heterocycles. The minimum absolute atomic E-state index is 0.202. The number of rotatable bonds is 3. The number of imide groups is 2. The molecule has 2 heterocycles. The van der Waals surface area contributed by atoms with E-state index in [2.05, 4.69) is 0 Å². The van der Waals surface area contributed by atoms with Crippen LogP contribution in [0.25, 0.3) is 16.2 Å². The number of barbiturate groups is 1. The van der Waals surface area contributed by atoms with Crippen LogP contribution in [0.3, 0.4) is 0 Å². The zero-order chi connectivity index (χ0) is 20.5. The van der Waals surface area contributed by atoms with Gasteiger partial charge in [0.1, 0.15) is 16.2 Å². The summed E-state index contributed by atoms with van der Waals surface area (Å²) in [4.78, 5) is 47.4. The molecule has 0 bridgehead atoms. The van der Waals surface area contributed by atoms with Crippen LogP contribution >= 0.6 is 22.9 Å². The fourth-order valence-corrected chi connectivity index (χ4v) is 4.09. The van der Waals surface area contributed by atoms with Crippen molar-refractivity contribution in [2.75, 3.05) is 0 Å². The molecule has 0 aliphatic carbocycles. The van der Waals surface area contributed by atoms with Gasteiger partial charge in [0.05, 0.1) is 5.02 Å². The van der Waals surface area contributed by atoms with Gasteiger partial charge in [-0.05, 0) is 29.8 Å². The monoisotopic (exact) mass is 426 g/mol. The van der Waals surface area contributed by atoms with Gasteiger partial charge in [0, 0.05) is 10.1 Å². The third kappa shape index (κ3) is 3.75. The summed E-state index contributed by atoms with van der Waals surface area (Å²) in [6.45, 7) is 0. The van der Waals surface area contributed by atoms with E-state index in [1.54, 1.807) is 12.1 Å². The minimum Gasteiger partial charge on any atom is -0.422 e. The summed E-state index contributed by atoms with van der Waals surface area (Å²) in [6, 6.07) is 12.7. The molecule has 1 aromatic heterocycles. The van der Waals surface area contributed by atoms with Crippen molar-refractivity contribution in [2.24, 2.45) is 0 Å². The zero-order valence-corrected chi connectivity index (χ0v) is 16.1. The molecule has 144 valence electrons. The molecule has 1 fully saturated rings. The Kier molecular flexibility index (Phi) is 4.87. The molecule has 9 heteroatoms. The summed E-state index contributed by atoms with van der Waals surface area (Å²) in [5.41, 5.74) is 0.311. The summed E-state index contributed by atoms with van der Waals surface area (Å²) in [5.74, 6) is -1.87. The van der Waals surface area contributed by atoms with Gasteiger partial charge in [-0.15, -0.1) is 11.3 Å². The first-order chi connectivity index (χ1) is 13.9. The number of benzene rings is 2. The molecule has 29 heavy (non-hydrogen) atoms. The van der Waals surface area contributed by atoms with Crippen molar-refractivity contribution in [1.29, 1.82) is 0 Å². The van der Waals surface area contributed by atoms with E-state index < -0.39 is 23.8 Å². The Labute approximate surface area is 172 Å². The number of hydrogen-bond donors (Lipinski definition) is 2. The third-order valence-corrected chi connectivity index (χ3v) is 5.72. The molecule has 0 atom stereocenters. The Hall–Kier alpha value is -3.49. The molecule has 0 spiro atoms. The van der Waals surface area contributed by atoms with E-state index >= 15 is 0 Å². The van der Waals surface area contributed by atoms with Gasteiger partial charge >= 0.3 is 12.0 Å². The van der Waals surface area contributed by atoms with Gasteiger partial charge < -0.3 is 4.74 Å². The smallest absolute Gasteiger partial charge is 0.355 e. The number of halogens is 1. The minimum atomic E-state index is -0.862. The maximum atomic E-state index is 12.5. The second-order valence-corrected chi connectivity index (χ2v) is 7.43. The van der Waals surface area contributed by atoms with Crippen molar-refractivity contribution in [3.8, 4) is 5.75 Å². The van der Waals surface area contributed by atoms with Gasteiger partial charge in [0.15, 0.2) is 0 Å². The molecular weight excluding hydrogens is 416 g/mol. The van der Waals surface area contributed by atoms with Crippen molar-refractivity contribution < 1.29 is 23.9 Å². The summed E-state index contributed by atoms with van der Waals surface area (Å²) in [7, 11) is 0. The van der Waals surface area contributed by atoms with Crippen LogP contribution in [0.15, 0.2) is 54.1 Å². The van der Waals surface area contributed by atoms with Crippen molar-refractivity contribution in [1.82, 2.24) is 10.6 Å². The van der Waals surface area contributed by atoms with Gasteiger partial charge in [-0.2, -0.15) is 0 Å². The fourth-order valence-electron chi connectivity index (χ4n) is 2.70. The highest BCUT2D eigenvalue weighted by Gasteiger charge is 2.27. The fraction of sp³-hybridized carbons (Fsp3) is 0. The van der Waals surface area contributed by atoms with Crippen LogP contribution in [0.1, 0.15) is 15.2 Å². The zero-order valence-electron chi connectivity index (χ0n) is 14.5. The third-order valence-electron chi connectivity index (χ3n) is 4.07. The summed E-state index contributed by atoms with van der Waals surface area (Å²) in [6.07, 6.45) is 1.32. The van der Waals surface area contributed by atoms with E-state index in [0.29, 0.717) is 15.5 Å². The highest BCUT2D eigenvalue weighted by Crippen LogP contribution is 2.35.